The quantitative estimate of drug-likeness (QED) is 0.151. The van der Waals surface area contributed by atoms with E-state index in [0.29, 0.717) is 0 Å². The van der Waals surface area contributed by atoms with Crippen molar-refractivity contribution in [3.8, 4) is 22.3 Å². The zero-order valence-electron chi connectivity index (χ0n) is 52.0. The molecule has 19 rings (SSSR count). The van der Waals surface area contributed by atoms with E-state index in [1.807, 2.05) is 22.7 Å². The molecular weight excluding hydrogens is 1150 g/mol. The van der Waals surface area contributed by atoms with Crippen LogP contribution in [0.15, 0.2) is 267 Å². The Kier molecular flexibility index (Phi) is 11.3. The summed E-state index contributed by atoms with van der Waals surface area (Å²) in [7, 11) is 0. The van der Waals surface area contributed by atoms with E-state index in [9.17, 15) is 0 Å². The highest BCUT2D eigenvalue weighted by Gasteiger charge is 2.31. The number of hydrogen-bond acceptors (Lipinski definition) is 4. The third-order valence-electron chi connectivity index (χ3n) is 19.9. The summed E-state index contributed by atoms with van der Waals surface area (Å²) in [4.78, 5) is 5.14. The van der Waals surface area contributed by atoms with E-state index >= 15 is 0 Å². The van der Waals surface area contributed by atoms with E-state index in [4.69, 9.17) is 0 Å². The molecule has 0 aliphatic rings. The molecule has 0 unspecified atom stereocenters. The maximum absolute atomic E-state index is 2.59. The maximum Gasteiger partial charge on any atom is 0.0641 e. The molecule has 0 aliphatic carbocycles. The Hall–Kier alpha value is -10.5. The summed E-state index contributed by atoms with van der Waals surface area (Å²) < 4.78 is 10.3. The Bertz CT molecular complexity index is 5810. The van der Waals surface area contributed by atoms with Gasteiger partial charge in [0.2, 0.25) is 0 Å². The van der Waals surface area contributed by atoms with Crippen LogP contribution in [0.4, 0.5) is 34.1 Å². The topological polar surface area (TPSA) is 15.3 Å². The minimum atomic E-state index is -0.00908. The fraction of sp³-hybridized carbons (Fsp3) is 0.0930. The van der Waals surface area contributed by atoms with Gasteiger partial charge in [-0.1, -0.05) is 224 Å². The second-order valence-corrected chi connectivity index (χ2v) is 29.3. The van der Waals surface area contributed by atoms with Crippen LogP contribution >= 0.6 is 22.7 Å². The van der Waals surface area contributed by atoms with Gasteiger partial charge in [0.05, 0.1) is 55.8 Å². The van der Waals surface area contributed by atoms with Gasteiger partial charge in [-0.05, 0) is 118 Å². The SMILES string of the molecule is CC(C)(C)c1ccc(N(c2ccc3c(sc4ccccc43)c2-c2ccccc2)c2ccc3c4cc5c(cc4n4c6ccccc6c2c34)c2ccc(N(c3ccc(C(C)(C)C)cc3)c3ccc4c(sc6ccccc64)c3-c3ccccc3)c3c4ccccc4n5c23)cc1. The molecule has 0 saturated heterocycles. The number of benzene rings is 13. The fourth-order valence-electron chi connectivity index (χ4n) is 15.6. The van der Waals surface area contributed by atoms with Crippen LogP contribution < -0.4 is 9.80 Å². The predicted molar refractivity (Wildman–Crippen MR) is 399 cm³/mol. The average Bonchev–Trinajstić information content (AvgIpc) is 1.52. The van der Waals surface area contributed by atoms with Crippen molar-refractivity contribution in [1.29, 1.82) is 0 Å². The number of hydrogen-bond donors (Lipinski definition) is 0. The van der Waals surface area contributed by atoms with E-state index in [1.54, 1.807) is 0 Å². The monoisotopic (exact) mass is 1210 g/mol. The summed E-state index contributed by atoms with van der Waals surface area (Å²) in [5.74, 6) is 0. The minimum absolute atomic E-state index is 0.00908. The van der Waals surface area contributed by atoms with Crippen LogP contribution in [0.5, 0.6) is 0 Å². The summed E-state index contributed by atoms with van der Waals surface area (Å²) in [6.07, 6.45) is 0. The lowest BCUT2D eigenvalue weighted by molar-refractivity contribution is 0.590. The number of rotatable bonds is 8. The summed E-state index contributed by atoms with van der Waals surface area (Å²) in [5, 5.41) is 15.0. The van der Waals surface area contributed by atoms with Gasteiger partial charge in [-0.2, -0.15) is 0 Å². The van der Waals surface area contributed by atoms with Gasteiger partial charge >= 0.3 is 0 Å². The van der Waals surface area contributed by atoms with Gasteiger partial charge in [0.15, 0.2) is 0 Å². The second-order valence-electron chi connectivity index (χ2n) is 27.2. The lowest BCUT2D eigenvalue weighted by Gasteiger charge is -2.30. The van der Waals surface area contributed by atoms with E-state index < -0.39 is 0 Å². The summed E-state index contributed by atoms with van der Waals surface area (Å²) in [6, 6.07) is 101. The highest BCUT2D eigenvalue weighted by atomic mass is 32.1. The van der Waals surface area contributed by atoms with Gasteiger partial charge < -0.3 is 18.6 Å². The molecule has 0 N–H and O–H groups in total. The third-order valence-corrected chi connectivity index (χ3v) is 22.3. The first kappa shape index (κ1) is 53.3. The smallest absolute Gasteiger partial charge is 0.0641 e. The fourth-order valence-corrected chi connectivity index (χ4v) is 18.1. The van der Waals surface area contributed by atoms with Crippen molar-refractivity contribution in [1.82, 2.24) is 8.80 Å². The van der Waals surface area contributed by atoms with Gasteiger partial charge in [0, 0.05) is 106 Å². The van der Waals surface area contributed by atoms with Gasteiger partial charge in [-0.15, -0.1) is 22.7 Å². The third kappa shape index (κ3) is 7.62. The number of para-hydroxylation sites is 2. The molecule has 0 bridgehead atoms. The van der Waals surface area contributed by atoms with Gasteiger partial charge in [-0.3, -0.25) is 0 Å². The number of thiophene rings is 2. The summed E-state index contributed by atoms with van der Waals surface area (Å²) >= 11 is 3.79. The normalized spacial score (nSPS) is 12.7. The van der Waals surface area contributed by atoms with Crippen LogP contribution in [-0.4, -0.2) is 8.80 Å². The molecule has 0 fully saturated rings. The van der Waals surface area contributed by atoms with Crippen molar-refractivity contribution in [2.24, 2.45) is 0 Å². The Morgan fingerprint density at radius 2 is 0.630 bits per heavy atom. The molecular formula is C86H62N4S2. The molecule has 6 heteroatoms. The van der Waals surface area contributed by atoms with Crippen molar-refractivity contribution in [3.63, 3.8) is 0 Å². The molecule has 0 spiro atoms. The molecule has 4 nitrogen and oxygen atoms in total. The van der Waals surface area contributed by atoms with Crippen LogP contribution in [0.2, 0.25) is 0 Å². The Labute approximate surface area is 541 Å². The highest BCUT2D eigenvalue weighted by molar-refractivity contribution is 7.26. The number of fused-ring (bicyclic) bond motifs is 18. The molecule has 13 aromatic carbocycles. The molecule has 0 amide bonds. The standard InChI is InChI=1S/C86H62N4S2/c1-85(2,3)53-33-37-55(38-34-53)87(69-47-43-61-57-25-15-19-31-75(57)91-83(61)77(69)51-21-9-7-10-22-51)71-45-41-59-65-49-74-66(50-73(65)89-67-29-17-13-27-63(67)79(71)81(59)89)60-42-46-72(80-64-28-14-18-30-68(64)90(74)82(60)80)88(56-39-35-54(36-40-56)86(4,5)6)70-48-44-62-58-26-16-20-32-76(58)92-84(62)78(70)52-23-11-8-12-24-52/h7-50H,1-6H3. The molecule has 6 aromatic heterocycles. The molecule has 92 heavy (non-hydrogen) atoms. The number of aromatic nitrogens is 2. The molecule has 438 valence electrons. The lowest BCUT2D eigenvalue weighted by Crippen LogP contribution is -2.14. The van der Waals surface area contributed by atoms with E-state index in [2.05, 4.69) is 327 Å². The van der Waals surface area contributed by atoms with Crippen molar-refractivity contribution < 1.29 is 0 Å². The molecule has 0 atom stereocenters. The van der Waals surface area contributed by atoms with Gasteiger partial charge in [0.25, 0.3) is 0 Å². The minimum Gasteiger partial charge on any atom is -0.309 e. The Morgan fingerprint density at radius 3 is 1.03 bits per heavy atom. The van der Waals surface area contributed by atoms with Crippen LogP contribution in [0.3, 0.4) is 0 Å². The van der Waals surface area contributed by atoms with Gasteiger partial charge in [-0.25, -0.2) is 0 Å². The van der Waals surface area contributed by atoms with Crippen molar-refractivity contribution in [2.45, 2.75) is 52.4 Å². The first-order valence-electron chi connectivity index (χ1n) is 32.1. The van der Waals surface area contributed by atoms with E-state index in [1.165, 1.54) is 150 Å². The van der Waals surface area contributed by atoms with Crippen molar-refractivity contribution >= 4 is 173 Å². The van der Waals surface area contributed by atoms with Gasteiger partial charge in [0.1, 0.15) is 0 Å². The first-order chi connectivity index (χ1) is 44.9. The summed E-state index contributed by atoms with van der Waals surface area (Å²) in [5.41, 5.74) is 21.6. The van der Waals surface area contributed by atoms with E-state index in [0.717, 1.165) is 34.1 Å². The Balaban J connectivity index is 0.878. The Morgan fingerprint density at radius 1 is 0.283 bits per heavy atom. The van der Waals surface area contributed by atoms with E-state index in [-0.39, 0.29) is 10.8 Å². The second kappa shape index (κ2) is 19.5. The van der Waals surface area contributed by atoms with Crippen LogP contribution in [-0.2, 0) is 10.8 Å². The van der Waals surface area contributed by atoms with Crippen LogP contribution in [0, 0.1) is 0 Å². The van der Waals surface area contributed by atoms with Crippen LogP contribution in [0.25, 0.3) is 139 Å². The lowest BCUT2D eigenvalue weighted by atomic mass is 9.87. The van der Waals surface area contributed by atoms with Crippen molar-refractivity contribution in [2.75, 3.05) is 9.80 Å². The predicted octanol–water partition coefficient (Wildman–Crippen LogP) is 25.6. The largest absolute Gasteiger partial charge is 0.309 e. The van der Waals surface area contributed by atoms with Crippen molar-refractivity contribution in [3.05, 3.63) is 278 Å². The highest BCUT2D eigenvalue weighted by Crippen LogP contribution is 2.56. The first-order valence-corrected chi connectivity index (χ1v) is 33.7. The summed E-state index contributed by atoms with van der Waals surface area (Å²) in [6.45, 7) is 13.8. The van der Waals surface area contributed by atoms with Crippen LogP contribution in [0.1, 0.15) is 52.7 Å². The molecule has 6 heterocycles. The molecule has 19 aromatic rings. The number of anilines is 6. The zero-order chi connectivity index (χ0) is 61.5. The molecule has 0 radical (unpaired) electrons. The average molecular weight is 1220 g/mol. The molecule has 0 aliphatic heterocycles. The number of nitrogens with zero attached hydrogens (tertiary/aromatic N) is 4. The maximum atomic E-state index is 2.59. The molecule has 0 saturated carbocycles. The zero-order valence-corrected chi connectivity index (χ0v) is 53.6.